The van der Waals surface area contributed by atoms with Gasteiger partial charge in [-0.3, -0.25) is 0 Å². The van der Waals surface area contributed by atoms with Crippen LogP contribution in [0.1, 0.15) is 0 Å². The Balaban J connectivity index is 0.000000224. The first-order valence-corrected chi connectivity index (χ1v) is 9.56. The summed E-state index contributed by atoms with van der Waals surface area (Å²) in [6, 6.07) is 10.5. The third-order valence-corrected chi connectivity index (χ3v) is 5.72. The predicted molar refractivity (Wildman–Crippen MR) is 76.1 cm³/mol. The molecule has 106 valence electrons. The van der Waals surface area contributed by atoms with Gasteiger partial charge in [-0.15, -0.1) is 0 Å². The molecule has 2 unspecified atom stereocenters. The van der Waals surface area contributed by atoms with Crippen LogP contribution in [0.4, 0.5) is 0 Å². The number of benzene rings is 1. The van der Waals surface area contributed by atoms with Gasteiger partial charge in [0.2, 0.25) is 8.32 Å². The number of aliphatic hydroxyl groups excluding tert-OH is 1. The van der Waals surface area contributed by atoms with Crippen molar-refractivity contribution in [3.63, 3.8) is 0 Å². The van der Waals surface area contributed by atoms with Crippen LogP contribution < -0.4 is 5.19 Å². The van der Waals surface area contributed by atoms with Crippen molar-refractivity contribution in [2.45, 2.75) is 25.3 Å². The number of hydrogen-bond acceptors (Lipinski definition) is 4. The van der Waals surface area contributed by atoms with Crippen LogP contribution in [0.2, 0.25) is 13.1 Å². The van der Waals surface area contributed by atoms with Gasteiger partial charge in [-0.2, -0.15) is 0 Å². The summed E-state index contributed by atoms with van der Waals surface area (Å²) in [7, 11) is -1.68. The molecule has 0 amide bonds. The van der Waals surface area contributed by atoms with Crippen LogP contribution in [0.25, 0.3) is 0 Å². The lowest BCUT2D eigenvalue weighted by Crippen LogP contribution is -2.45. The van der Waals surface area contributed by atoms with Gasteiger partial charge in [-0.25, -0.2) is 0 Å². The highest BCUT2D eigenvalue weighted by molar-refractivity contribution is 6.84. The SMILES string of the molecule is C[Si](C)(OCC1CO1)c1ccccc1.OCC1CO1. The first-order chi connectivity index (χ1) is 9.12. The summed E-state index contributed by atoms with van der Waals surface area (Å²) in [5.41, 5.74) is 0. The molecule has 2 heterocycles. The van der Waals surface area contributed by atoms with E-state index in [2.05, 4.69) is 42.1 Å². The van der Waals surface area contributed by atoms with E-state index in [0.29, 0.717) is 6.10 Å². The summed E-state index contributed by atoms with van der Waals surface area (Å²) >= 11 is 0. The van der Waals surface area contributed by atoms with E-state index in [1.54, 1.807) is 0 Å². The number of ether oxygens (including phenoxy) is 2. The van der Waals surface area contributed by atoms with Crippen LogP contribution in [-0.4, -0.2) is 52.1 Å². The lowest BCUT2D eigenvalue weighted by Gasteiger charge is -2.22. The van der Waals surface area contributed by atoms with Crippen LogP contribution >= 0.6 is 0 Å². The second kappa shape index (κ2) is 6.63. The number of aliphatic hydroxyl groups is 1. The van der Waals surface area contributed by atoms with Gasteiger partial charge in [0.25, 0.3) is 0 Å². The second-order valence-corrected chi connectivity index (χ2v) is 9.17. The third-order valence-electron chi connectivity index (χ3n) is 3.11. The van der Waals surface area contributed by atoms with Gasteiger partial charge in [0.05, 0.1) is 26.4 Å². The monoisotopic (exact) mass is 282 g/mol. The van der Waals surface area contributed by atoms with Crippen molar-refractivity contribution in [1.82, 2.24) is 0 Å². The Morgan fingerprint density at radius 1 is 1.16 bits per heavy atom. The first kappa shape index (κ1) is 14.7. The summed E-state index contributed by atoms with van der Waals surface area (Å²) in [5, 5.41) is 9.43. The Bertz CT molecular complexity index is 374. The molecule has 19 heavy (non-hydrogen) atoms. The molecular formula is C14H22O4Si. The number of epoxide rings is 2. The molecule has 2 aliphatic rings. The molecule has 0 saturated carbocycles. The Hall–Kier alpha value is -0.723. The van der Waals surface area contributed by atoms with Crippen molar-refractivity contribution in [2.75, 3.05) is 26.4 Å². The maximum atomic E-state index is 8.08. The summed E-state index contributed by atoms with van der Waals surface area (Å²) in [5.74, 6) is 0. The molecule has 4 nitrogen and oxygen atoms in total. The molecule has 0 spiro atoms. The molecule has 2 atom stereocenters. The van der Waals surface area contributed by atoms with Crippen molar-refractivity contribution in [3.05, 3.63) is 30.3 Å². The zero-order valence-corrected chi connectivity index (χ0v) is 12.5. The Kier molecular flexibility index (Phi) is 5.12. The van der Waals surface area contributed by atoms with Crippen molar-refractivity contribution >= 4 is 13.5 Å². The Morgan fingerprint density at radius 2 is 1.74 bits per heavy atom. The largest absolute Gasteiger partial charge is 0.410 e. The molecule has 0 bridgehead atoms. The lowest BCUT2D eigenvalue weighted by atomic mass is 10.4. The highest BCUT2D eigenvalue weighted by Crippen LogP contribution is 2.13. The van der Waals surface area contributed by atoms with Crippen LogP contribution in [0.5, 0.6) is 0 Å². The molecule has 0 aliphatic carbocycles. The fourth-order valence-electron chi connectivity index (χ4n) is 1.56. The number of rotatable bonds is 5. The highest BCUT2D eigenvalue weighted by Gasteiger charge is 2.30. The average Bonchev–Trinajstić information content (AvgIpc) is 3.32. The zero-order chi connectivity index (χ0) is 13.7. The molecule has 1 aromatic carbocycles. The van der Waals surface area contributed by atoms with Crippen molar-refractivity contribution in [2.24, 2.45) is 0 Å². The van der Waals surface area contributed by atoms with Gasteiger partial charge in [0.1, 0.15) is 12.2 Å². The Morgan fingerprint density at radius 3 is 2.16 bits per heavy atom. The van der Waals surface area contributed by atoms with E-state index in [1.165, 1.54) is 5.19 Å². The van der Waals surface area contributed by atoms with E-state index in [-0.39, 0.29) is 12.7 Å². The minimum absolute atomic E-state index is 0.190. The maximum Gasteiger partial charge on any atom is 0.218 e. The van der Waals surface area contributed by atoms with Crippen LogP contribution in [0.3, 0.4) is 0 Å². The molecule has 3 rings (SSSR count). The van der Waals surface area contributed by atoms with Gasteiger partial charge in [-0.1, -0.05) is 30.3 Å². The fourth-order valence-corrected chi connectivity index (χ4v) is 3.33. The molecule has 1 N–H and O–H groups in total. The van der Waals surface area contributed by atoms with E-state index >= 15 is 0 Å². The van der Waals surface area contributed by atoms with E-state index in [1.807, 2.05) is 6.07 Å². The standard InChI is InChI=1S/C11H16O2Si.C3H6O2/c1-14(2,13-9-10-8-12-10)11-6-4-3-5-7-11;4-1-3-2-5-3/h3-7,10H,8-9H2,1-2H3;3-4H,1-2H2. The lowest BCUT2D eigenvalue weighted by molar-refractivity contribution is 0.244. The second-order valence-electron chi connectivity index (χ2n) is 5.28. The highest BCUT2D eigenvalue weighted by atomic mass is 28.4. The predicted octanol–water partition coefficient (Wildman–Crippen LogP) is 0.892. The van der Waals surface area contributed by atoms with E-state index in [9.17, 15) is 0 Å². The molecule has 1 aromatic rings. The summed E-state index contributed by atoms with van der Waals surface area (Å²) in [6.07, 6.45) is 0.556. The molecule has 2 aliphatic heterocycles. The third kappa shape index (κ3) is 5.42. The quantitative estimate of drug-likeness (QED) is 0.644. The summed E-state index contributed by atoms with van der Waals surface area (Å²) in [6.45, 7) is 7.04. The van der Waals surface area contributed by atoms with Crippen LogP contribution in [0, 0.1) is 0 Å². The van der Waals surface area contributed by atoms with E-state index in [0.717, 1.165) is 19.8 Å². The smallest absolute Gasteiger partial charge is 0.218 e. The van der Waals surface area contributed by atoms with Gasteiger partial charge in [0, 0.05) is 0 Å². The van der Waals surface area contributed by atoms with Gasteiger partial charge in [0.15, 0.2) is 0 Å². The molecule has 5 heteroatoms. The fraction of sp³-hybridized carbons (Fsp3) is 0.571. The van der Waals surface area contributed by atoms with Crippen molar-refractivity contribution in [3.8, 4) is 0 Å². The van der Waals surface area contributed by atoms with Crippen LogP contribution in [-0.2, 0) is 13.9 Å². The molecule has 2 fully saturated rings. The normalized spacial score (nSPS) is 24.4. The van der Waals surface area contributed by atoms with Crippen molar-refractivity contribution in [1.29, 1.82) is 0 Å². The van der Waals surface area contributed by atoms with Crippen LogP contribution in [0.15, 0.2) is 30.3 Å². The average molecular weight is 282 g/mol. The minimum Gasteiger partial charge on any atom is -0.410 e. The minimum atomic E-state index is -1.68. The van der Waals surface area contributed by atoms with Crippen molar-refractivity contribution < 1.29 is 19.0 Å². The van der Waals surface area contributed by atoms with Gasteiger partial charge >= 0.3 is 0 Å². The summed E-state index contributed by atoms with van der Waals surface area (Å²) in [4.78, 5) is 0. The molecule has 2 saturated heterocycles. The first-order valence-electron chi connectivity index (χ1n) is 6.65. The molecule has 0 aromatic heterocycles. The maximum absolute atomic E-state index is 8.08. The van der Waals surface area contributed by atoms with E-state index < -0.39 is 8.32 Å². The molecular weight excluding hydrogens is 260 g/mol. The van der Waals surface area contributed by atoms with Gasteiger partial charge in [-0.05, 0) is 18.3 Å². The Labute approximate surface area is 115 Å². The zero-order valence-electron chi connectivity index (χ0n) is 11.5. The number of hydrogen-bond donors (Lipinski definition) is 1. The molecule has 0 radical (unpaired) electrons. The summed E-state index contributed by atoms with van der Waals surface area (Å²) < 4.78 is 15.7. The topological polar surface area (TPSA) is 54.5 Å². The van der Waals surface area contributed by atoms with Gasteiger partial charge < -0.3 is 19.0 Å². The van der Waals surface area contributed by atoms with E-state index in [4.69, 9.17) is 14.3 Å².